The van der Waals surface area contributed by atoms with Crippen molar-refractivity contribution in [3.05, 3.63) is 35.7 Å². The van der Waals surface area contributed by atoms with Crippen LogP contribution in [0, 0.1) is 18.8 Å². The molecule has 0 spiro atoms. The minimum Gasteiger partial charge on any atom is -0.335 e. The molecular formula is C23H33N5O. The van der Waals surface area contributed by atoms with Gasteiger partial charge < -0.3 is 9.80 Å². The summed E-state index contributed by atoms with van der Waals surface area (Å²) in [5, 5.41) is 4.58. The van der Waals surface area contributed by atoms with Crippen molar-refractivity contribution in [2.24, 2.45) is 11.8 Å². The molecule has 0 saturated carbocycles. The monoisotopic (exact) mass is 395 g/mol. The lowest BCUT2D eigenvalue weighted by Crippen LogP contribution is -2.66. The number of piperidine rings is 3. The van der Waals surface area contributed by atoms with E-state index in [0.29, 0.717) is 29.8 Å². The zero-order chi connectivity index (χ0) is 20.1. The molecule has 3 aliphatic heterocycles. The molecule has 4 atom stereocenters. The van der Waals surface area contributed by atoms with Gasteiger partial charge in [-0.25, -0.2) is 4.52 Å². The summed E-state index contributed by atoms with van der Waals surface area (Å²) in [4.78, 5) is 20.1. The average molecular weight is 396 g/mol. The number of rotatable bonds is 4. The van der Waals surface area contributed by atoms with Crippen molar-refractivity contribution in [1.29, 1.82) is 0 Å². The van der Waals surface area contributed by atoms with Gasteiger partial charge in [0, 0.05) is 56.4 Å². The lowest BCUT2D eigenvalue weighted by molar-refractivity contribution is -0.153. The number of carbonyl (C=O) groups excluding carboxylic acids is 1. The molecule has 1 amide bonds. The molecule has 3 saturated heterocycles. The topological polar surface area (TPSA) is 44.1 Å². The van der Waals surface area contributed by atoms with Crippen LogP contribution in [0.15, 0.2) is 24.5 Å². The van der Waals surface area contributed by atoms with E-state index in [4.69, 9.17) is 0 Å². The Hall–Kier alpha value is -1.92. The van der Waals surface area contributed by atoms with Crippen LogP contribution < -0.4 is 0 Å². The number of aryl methyl sites for hydroxylation is 1. The Morgan fingerprint density at radius 1 is 1.24 bits per heavy atom. The number of pyridine rings is 1. The van der Waals surface area contributed by atoms with Gasteiger partial charge in [-0.2, -0.15) is 5.10 Å². The first-order valence-corrected chi connectivity index (χ1v) is 11.1. The number of likely N-dealkylation sites (N-methyl/N-ethyl adjacent to an activating group) is 1. The zero-order valence-electron chi connectivity index (χ0n) is 17.9. The Morgan fingerprint density at radius 3 is 2.90 bits per heavy atom. The number of amides is 1. The van der Waals surface area contributed by atoms with E-state index in [9.17, 15) is 4.79 Å². The quantitative estimate of drug-likeness (QED) is 0.798. The number of aromatic nitrogens is 2. The highest BCUT2D eigenvalue weighted by Gasteiger charge is 2.49. The molecule has 29 heavy (non-hydrogen) atoms. The third-order valence-corrected chi connectivity index (χ3v) is 7.34. The van der Waals surface area contributed by atoms with E-state index in [1.807, 2.05) is 16.9 Å². The highest BCUT2D eigenvalue weighted by atomic mass is 16.2. The Bertz CT molecular complexity index is 906. The Labute approximate surface area is 173 Å². The number of hydrogen-bond acceptors (Lipinski definition) is 4. The predicted molar refractivity (Wildman–Crippen MR) is 114 cm³/mol. The fourth-order valence-electron chi connectivity index (χ4n) is 6.26. The van der Waals surface area contributed by atoms with Gasteiger partial charge >= 0.3 is 0 Å². The van der Waals surface area contributed by atoms with Crippen molar-refractivity contribution in [2.75, 3.05) is 33.7 Å². The summed E-state index contributed by atoms with van der Waals surface area (Å²) in [6.07, 6.45) is 8.33. The van der Waals surface area contributed by atoms with Gasteiger partial charge in [0.05, 0.1) is 11.7 Å². The van der Waals surface area contributed by atoms with Gasteiger partial charge in [0.1, 0.15) is 0 Å². The minimum atomic E-state index is 0.354. The van der Waals surface area contributed by atoms with Crippen molar-refractivity contribution in [1.82, 2.24) is 24.3 Å². The molecule has 0 aliphatic carbocycles. The standard InChI is InChI=1S/C23H33N5O/c1-16-6-5-9-27-23(16)19(11-24-27)14-26-12-17-10-18(13-26)21(15-25(2)3)28-20(17)7-4-8-22(28)29/h5-6,9,11,17-18,20-21H,4,7-8,10,12-15H2,1-3H3/t17-,18+,20+,21+/m1/s1. The van der Waals surface area contributed by atoms with Gasteiger partial charge in [0.25, 0.3) is 0 Å². The van der Waals surface area contributed by atoms with Gasteiger partial charge in [-0.05, 0) is 63.7 Å². The van der Waals surface area contributed by atoms with Crippen molar-refractivity contribution < 1.29 is 4.79 Å². The van der Waals surface area contributed by atoms with E-state index < -0.39 is 0 Å². The SMILES string of the molecule is Cc1cccn2ncc(CN3C[C@H]4C[C@@H](C3)[C@H](CN(C)C)N3C(=O)CCC[C@@H]43)c12. The van der Waals surface area contributed by atoms with Crippen molar-refractivity contribution in [3.8, 4) is 0 Å². The van der Waals surface area contributed by atoms with Crippen molar-refractivity contribution >= 4 is 11.4 Å². The summed E-state index contributed by atoms with van der Waals surface area (Å²) >= 11 is 0. The lowest BCUT2D eigenvalue weighted by atomic mass is 9.72. The van der Waals surface area contributed by atoms with Crippen LogP contribution in [0.3, 0.4) is 0 Å². The van der Waals surface area contributed by atoms with Crippen LogP contribution in [0.1, 0.15) is 36.8 Å². The third kappa shape index (κ3) is 3.36. The summed E-state index contributed by atoms with van der Waals surface area (Å²) in [5.74, 6) is 1.58. The van der Waals surface area contributed by atoms with Crippen molar-refractivity contribution in [2.45, 2.75) is 51.2 Å². The molecule has 5 heterocycles. The van der Waals surface area contributed by atoms with E-state index in [2.05, 4.69) is 53.0 Å². The molecule has 3 aliphatic rings. The number of likely N-dealkylation sites (tertiary alicyclic amines) is 1. The molecule has 5 rings (SSSR count). The van der Waals surface area contributed by atoms with E-state index in [1.54, 1.807) is 0 Å². The van der Waals surface area contributed by atoms with Crippen LogP contribution >= 0.6 is 0 Å². The Morgan fingerprint density at radius 2 is 2.07 bits per heavy atom. The molecule has 0 unspecified atom stereocenters. The summed E-state index contributed by atoms with van der Waals surface area (Å²) in [5.41, 5.74) is 3.86. The van der Waals surface area contributed by atoms with E-state index in [-0.39, 0.29) is 0 Å². The normalized spacial score (nSPS) is 30.2. The predicted octanol–water partition coefficient (Wildman–Crippen LogP) is 2.41. The number of nitrogens with zero attached hydrogens (tertiary/aromatic N) is 5. The van der Waals surface area contributed by atoms with Crippen LogP contribution in [0.5, 0.6) is 0 Å². The maximum Gasteiger partial charge on any atom is 0.223 e. The number of fused-ring (bicyclic) bond motifs is 5. The summed E-state index contributed by atoms with van der Waals surface area (Å²) < 4.78 is 2.01. The maximum absolute atomic E-state index is 12.9. The molecule has 0 aromatic carbocycles. The largest absolute Gasteiger partial charge is 0.335 e. The smallest absolute Gasteiger partial charge is 0.223 e. The molecule has 6 nitrogen and oxygen atoms in total. The summed E-state index contributed by atoms with van der Waals surface area (Å²) in [6.45, 7) is 6.28. The molecule has 3 fully saturated rings. The van der Waals surface area contributed by atoms with Crippen LogP contribution in [-0.2, 0) is 11.3 Å². The Kier molecular flexibility index (Phi) is 4.87. The molecule has 0 radical (unpaired) electrons. The molecule has 6 heteroatoms. The van der Waals surface area contributed by atoms with Gasteiger partial charge in [-0.1, -0.05) is 6.07 Å². The van der Waals surface area contributed by atoms with Gasteiger partial charge in [0.15, 0.2) is 0 Å². The van der Waals surface area contributed by atoms with Gasteiger partial charge in [-0.3, -0.25) is 9.69 Å². The number of hydrogen-bond donors (Lipinski definition) is 0. The minimum absolute atomic E-state index is 0.354. The first kappa shape index (κ1) is 19.1. The summed E-state index contributed by atoms with van der Waals surface area (Å²) in [6, 6.07) is 5.02. The highest BCUT2D eigenvalue weighted by molar-refractivity contribution is 5.78. The van der Waals surface area contributed by atoms with Crippen LogP contribution in [0.2, 0.25) is 0 Å². The molecular weight excluding hydrogens is 362 g/mol. The third-order valence-electron chi connectivity index (χ3n) is 7.34. The number of carbonyl (C=O) groups is 1. The second-order valence-corrected chi connectivity index (χ2v) is 9.69. The zero-order valence-corrected chi connectivity index (χ0v) is 17.9. The summed E-state index contributed by atoms with van der Waals surface area (Å²) in [7, 11) is 4.27. The first-order valence-electron chi connectivity index (χ1n) is 11.1. The van der Waals surface area contributed by atoms with E-state index >= 15 is 0 Å². The lowest BCUT2D eigenvalue weighted by Gasteiger charge is -2.57. The fourth-order valence-corrected chi connectivity index (χ4v) is 6.26. The fraction of sp³-hybridized carbons (Fsp3) is 0.652. The maximum atomic E-state index is 12.9. The molecule has 0 N–H and O–H groups in total. The van der Waals surface area contributed by atoms with Crippen LogP contribution in [-0.4, -0.2) is 76.0 Å². The van der Waals surface area contributed by atoms with E-state index in [0.717, 1.165) is 39.0 Å². The molecule has 2 aromatic heterocycles. The Balaban J connectivity index is 1.41. The van der Waals surface area contributed by atoms with E-state index in [1.165, 1.54) is 29.5 Å². The molecule has 156 valence electrons. The molecule has 2 aromatic rings. The second-order valence-electron chi connectivity index (χ2n) is 9.69. The average Bonchev–Trinajstić information content (AvgIpc) is 3.09. The first-order chi connectivity index (χ1) is 14.0. The highest BCUT2D eigenvalue weighted by Crippen LogP contribution is 2.42. The second kappa shape index (κ2) is 7.40. The van der Waals surface area contributed by atoms with Crippen LogP contribution in [0.25, 0.3) is 5.52 Å². The molecule has 2 bridgehead atoms. The van der Waals surface area contributed by atoms with Crippen molar-refractivity contribution in [3.63, 3.8) is 0 Å². The van der Waals surface area contributed by atoms with Gasteiger partial charge in [-0.15, -0.1) is 0 Å². The van der Waals surface area contributed by atoms with Gasteiger partial charge in [0.2, 0.25) is 5.91 Å². The van der Waals surface area contributed by atoms with Crippen LogP contribution in [0.4, 0.5) is 0 Å².